The zero-order valence-corrected chi connectivity index (χ0v) is 15.3. The fourth-order valence-electron chi connectivity index (χ4n) is 3.53. The molecule has 1 amide bonds. The van der Waals surface area contributed by atoms with Gasteiger partial charge in [0, 0.05) is 5.92 Å². The zero-order chi connectivity index (χ0) is 19.1. The smallest absolute Gasteiger partial charge is 0.411 e. The molecule has 7 nitrogen and oxygen atoms in total. The maximum absolute atomic E-state index is 12.6. The molecule has 4 rings (SSSR count). The molecule has 1 aromatic carbocycles. The number of hydrogen-bond acceptors (Lipinski definition) is 6. The predicted molar refractivity (Wildman–Crippen MR) is 91.4 cm³/mol. The summed E-state index contributed by atoms with van der Waals surface area (Å²) in [6.07, 6.45) is -0.566. The van der Waals surface area contributed by atoms with Gasteiger partial charge in [0.15, 0.2) is 0 Å². The first-order valence-electron chi connectivity index (χ1n) is 8.58. The summed E-state index contributed by atoms with van der Waals surface area (Å²) in [4.78, 5) is 38.5. The second-order valence-electron chi connectivity index (χ2n) is 7.56. The second kappa shape index (κ2) is 6.63. The van der Waals surface area contributed by atoms with E-state index in [1.54, 1.807) is 51.1 Å². The zero-order valence-electron chi connectivity index (χ0n) is 15.3. The first-order chi connectivity index (χ1) is 12.2. The maximum atomic E-state index is 12.6. The number of fused-ring (bicyclic) bond motifs is 1. The highest BCUT2D eigenvalue weighted by Crippen LogP contribution is 2.49. The van der Waals surface area contributed by atoms with Crippen LogP contribution in [-0.4, -0.2) is 53.8 Å². The summed E-state index contributed by atoms with van der Waals surface area (Å²) in [5, 5.41) is 0. The molecule has 2 saturated heterocycles. The van der Waals surface area contributed by atoms with Crippen LogP contribution in [0.5, 0.6) is 0 Å². The monoisotopic (exact) mass is 361 g/mol. The number of nitrogens with zero attached hydrogens (tertiary/aromatic N) is 1. The summed E-state index contributed by atoms with van der Waals surface area (Å²) < 4.78 is 15.9. The van der Waals surface area contributed by atoms with Crippen molar-refractivity contribution in [2.45, 2.75) is 51.0 Å². The Balaban J connectivity index is 1.78. The van der Waals surface area contributed by atoms with Crippen molar-refractivity contribution in [3.05, 3.63) is 35.9 Å². The van der Waals surface area contributed by atoms with Gasteiger partial charge in [0.2, 0.25) is 0 Å². The largest absolute Gasteiger partial charge is 0.467 e. The van der Waals surface area contributed by atoms with Gasteiger partial charge < -0.3 is 14.2 Å². The van der Waals surface area contributed by atoms with Crippen molar-refractivity contribution in [3.63, 3.8) is 0 Å². The minimum Gasteiger partial charge on any atom is -0.467 e. The Morgan fingerprint density at radius 3 is 2.35 bits per heavy atom. The second-order valence-corrected chi connectivity index (χ2v) is 7.56. The average Bonchev–Trinajstić information content (AvgIpc) is 3.12. The summed E-state index contributed by atoms with van der Waals surface area (Å²) in [5.74, 6) is -1.28. The lowest BCUT2D eigenvalue weighted by atomic mass is 9.79. The van der Waals surface area contributed by atoms with Crippen molar-refractivity contribution in [2.75, 3.05) is 7.11 Å². The fourth-order valence-corrected chi connectivity index (χ4v) is 3.53. The van der Waals surface area contributed by atoms with Gasteiger partial charge in [-0.2, -0.15) is 0 Å². The quantitative estimate of drug-likeness (QED) is 0.607. The lowest BCUT2D eigenvalue weighted by molar-refractivity contribution is -0.146. The number of methoxy groups -OCH3 is 1. The molecule has 140 valence electrons. The third-order valence-electron chi connectivity index (χ3n) is 4.68. The van der Waals surface area contributed by atoms with Crippen LogP contribution in [0.3, 0.4) is 0 Å². The number of carbonyl (C=O) groups excluding carboxylic acids is 3. The van der Waals surface area contributed by atoms with E-state index in [0.717, 1.165) is 0 Å². The molecule has 1 aromatic rings. The van der Waals surface area contributed by atoms with Crippen molar-refractivity contribution >= 4 is 18.0 Å². The van der Waals surface area contributed by atoms with Gasteiger partial charge in [0.25, 0.3) is 0 Å². The van der Waals surface area contributed by atoms with Gasteiger partial charge in [-0.1, -0.05) is 18.2 Å². The number of hydrogen-bond donors (Lipinski definition) is 0. The lowest BCUT2D eigenvalue weighted by Gasteiger charge is -2.35. The van der Waals surface area contributed by atoms with Crippen LogP contribution in [0.4, 0.5) is 4.79 Å². The van der Waals surface area contributed by atoms with E-state index >= 15 is 0 Å². The van der Waals surface area contributed by atoms with Crippen LogP contribution in [0.25, 0.3) is 0 Å². The summed E-state index contributed by atoms with van der Waals surface area (Å²) >= 11 is 0. The first-order valence-corrected chi connectivity index (χ1v) is 8.58. The minimum atomic E-state index is -0.798. The molecule has 2 bridgehead atoms. The molecule has 0 N–H and O–H groups in total. The molecule has 0 spiro atoms. The topological polar surface area (TPSA) is 82.1 Å². The average molecular weight is 361 g/mol. The van der Waals surface area contributed by atoms with Gasteiger partial charge in [0.1, 0.15) is 17.7 Å². The van der Waals surface area contributed by atoms with Gasteiger partial charge >= 0.3 is 18.0 Å². The SMILES string of the molecule is COC(=O)[C@@H]1[C@@H]2C[C@@H]([C@H]2OC(=O)c2ccccc2)N1C(=O)OC(C)(C)C. The van der Waals surface area contributed by atoms with E-state index in [-0.39, 0.29) is 12.0 Å². The first kappa shape index (κ1) is 18.2. The predicted octanol–water partition coefficient (Wildman–Crippen LogP) is 2.39. The normalized spacial score (nSPS) is 26.7. The number of esters is 2. The Morgan fingerprint density at radius 2 is 1.77 bits per heavy atom. The van der Waals surface area contributed by atoms with Crippen LogP contribution in [0.2, 0.25) is 0 Å². The molecule has 7 heteroatoms. The molecule has 1 aliphatic carbocycles. The molecule has 2 heterocycles. The molecule has 0 unspecified atom stereocenters. The van der Waals surface area contributed by atoms with Gasteiger partial charge in [-0.3, -0.25) is 4.90 Å². The van der Waals surface area contributed by atoms with Gasteiger partial charge in [0.05, 0.1) is 18.7 Å². The maximum Gasteiger partial charge on any atom is 0.411 e. The Hall–Kier alpha value is -2.57. The Labute approximate surface area is 152 Å². The third-order valence-corrected chi connectivity index (χ3v) is 4.68. The molecule has 1 saturated carbocycles. The molecule has 0 radical (unpaired) electrons. The third kappa shape index (κ3) is 3.25. The Bertz CT molecular complexity index is 710. The van der Waals surface area contributed by atoms with Crippen molar-refractivity contribution in [1.29, 1.82) is 0 Å². The van der Waals surface area contributed by atoms with E-state index < -0.39 is 35.8 Å². The van der Waals surface area contributed by atoms with Crippen LogP contribution < -0.4 is 0 Å². The summed E-state index contributed by atoms with van der Waals surface area (Å²) in [6, 6.07) is 7.44. The van der Waals surface area contributed by atoms with Crippen molar-refractivity contribution < 1.29 is 28.6 Å². The summed E-state index contributed by atoms with van der Waals surface area (Å²) in [6.45, 7) is 5.27. The fraction of sp³-hybridized carbons (Fsp3) is 0.526. The number of carbonyl (C=O) groups is 3. The van der Waals surface area contributed by atoms with E-state index in [0.29, 0.717) is 12.0 Å². The van der Waals surface area contributed by atoms with Gasteiger partial charge in [-0.25, -0.2) is 14.4 Å². The van der Waals surface area contributed by atoms with Crippen molar-refractivity contribution in [2.24, 2.45) is 5.92 Å². The molecule has 3 aliphatic rings. The highest BCUT2D eigenvalue weighted by atomic mass is 16.6. The summed E-state index contributed by atoms with van der Waals surface area (Å²) in [7, 11) is 1.27. The number of rotatable bonds is 3. The highest BCUT2D eigenvalue weighted by molar-refractivity contribution is 5.90. The Kier molecular flexibility index (Phi) is 4.64. The molecular formula is C19H23NO6. The van der Waals surface area contributed by atoms with Gasteiger partial charge in [-0.15, -0.1) is 0 Å². The molecule has 0 aromatic heterocycles. The number of ether oxygens (including phenoxy) is 3. The number of amides is 1. The molecule has 2 aliphatic heterocycles. The van der Waals surface area contributed by atoms with Crippen LogP contribution in [0, 0.1) is 5.92 Å². The standard InChI is InChI=1S/C19H23NO6/c1-19(2,3)26-18(23)20-13-10-12(14(20)17(22)24-4)15(13)25-16(21)11-8-6-5-7-9-11/h5-9,12-15H,10H2,1-4H3/t12-,13-,14-,15-/m0/s1. The highest BCUT2D eigenvalue weighted by Gasteiger charge is 2.65. The molecule has 3 fully saturated rings. The van der Waals surface area contributed by atoms with Crippen molar-refractivity contribution in [1.82, 2.24) is 4.90 Å². The van der Waals surface area contributed by atoms with Crippen LogP contribution in [0.15, 0.2) is 30.3 Å². The van der Waals surface area contributed by atoms with E-state index in [1.165, 1.54) is 12.0 Å². The number of benzene rings is 1. The molecule has 4 atom stereocenters. The van der Waals surface area contributed by atoms with E-state index in [2.05, 4.69) is 0 Å². The van der Waals surface area contributed by atoms with Gasteiger partial charge in [-0.05, 0) is 39.3 Å². The minimum absolute atomic E-state index is 0.285. The molecular weight excluding hydrogens is 338 g/mol. The van der Waals surface area contributed by atoms with Crippen molar-refractivity contribution in [3.8, 4) is 0 Å². The van der Waals surface area contributed by atoms with E-state index in [4.69, 9.17) is 14.2 Å². The molecule has 26 heavy (non-hydrogen) atoms. The van der Waals surface area contributed by atoms with Crippen LogP contribution >= 0.6 is 0 Å². The van der Waals surface area contributed by atoms with E-state index in [1.807, 2.05) is 0 Å². The van der Waals surface area contributed by atoms with Crippen LogP contribution in [-0.2, 0) is 19.0 Å². The van der Waals surface area contributed by atoms with Crippen LogP contribution in [0.1, 0.15) is 37.6 Å². The lowest BCUT2D eigenvalue weighted by Crippen LogP contribution is -2.48. The van der Waals surface area contributed by atoms with E-state index in [9.17, 15) is 14.4 Å². The Morgan fingerprint density at radius 1 is 1.12 bits per heavy atom. The summed E-state index contributed by atoms with van der Waals surface area (Å²) in [5.41, 5.74) is -0.266.